The van der Waals surface area contributed by atoms with Crippen LogP contribution in [0.1, 0.15) is 25.1 Å². The zero-order valence-electron chi connectivity index (χ0n) is 11.4. The smallest absolute Gasteiger partial charge is 0.235 e. The first-order valence-electron chi connectivity index (χ1n) is 6.33. The second kappa shape index (κ2) is 5.38. The molecule has 2 amide bonds. The lowest BCUT2D eigenvalue weighted by atomic mass is 10.1. The number of aryl methyl sites for hydroxylation is 1. The summed E-state index contributed by atoms with van der Waals surface area (Å²) in [5.74, 6) is 0.610. The van der Waals surface area contributed by atoms with E-state index in [1.54, 1.807) is 18.9 Å². The Labute approximate surface area is 111 Å². The Kier molecular flexibility index (Phi) is 3.82. The second-order valence-electron chi connectivity index (χ2n) is 4.74. The summed E-state index contributed by atoms with van der Waals surface area (Å²) in [6.45, 7) is 5.04. The largest absolute Gasteiger partial charge is 0.424 e. The van der Waals surface area contributed by atoms with Crippen LogP contribution in [0.4, 0.5) is 0 Å². The molecule has 0 aromatic carbocycles. The summed E-state index contributed by atoms with van der Waals surface area (Å²) in [4.78, 5) is 27.1. The number of hydrogen-bond donors (Lipinski definition) is 0. The van der Waals surface area contributed by atoms with Gasteiger partial charge in [-0.25, -0.2) is 0 Å². The summed E-state index contributed by atoms with van der Waals surface area (Å²) in [7, 11) is 1.68. The van der Waals surface area contributed by atoms with E-state index in [-0.39, 0.29) is 24.3 Å². The first kappa shape index (κ1) is 13.5. The van der Waals surface area contributed by atoms with E-state index in [1.165, 1.54) is 4.90 Å². The minimum absolute atomic E-state index is 0.0443. The minimum atomic E-state index is -0.263. The van der Waals surface area contributed by atoms with Crippen LogP contribution in [0, 0.1) is 12.8 Å². The second-order valence-corrected chi connectivity index (χ2v) is 4.74. The summed E-state index contributed by atoms with van der Waals surface area (Å²) in [6, 6.07) is 0. The van der Waals surface area contributed by atoms with Crippen LogP contribution >= 0.6 is 0 Å². The molecule has 0 radical (unpaired) electrons. The summed E-state index contributed by atoms with van der Waals surface area (Å²) in [6.07, 6.45) is 0.292. The summed E-state index contributed by atoms with van der Waals surface area (Å²) < 4.78 is 5.24. The molecule has 7 heteroatoms. The van der Waals surface area contributed by atoms with Gasteiger partial charge in [-0.3, -0.25) is 9.59 Å². The fourth-order valence-corrected chi connectivity index (χ4v) is 2.24. The van der Waals surface area contributed by atoms with Crippen LogP contribution < -0.4 is 0 Å². The Balaban J connectivity index is 1.94. The van der Waals surface area contributed by atoms with Gasteiger partial charge in [-0.1, -0.05) is 0 Å². The molecular weight excluding hydrogens is 248 g/mol. The molecule has 1 saturated heterocycles. The van der Waals surface area contributed by atoms with Crippen molar-refractivity contribution >= 4 is 11.8 Å². The van der Waals surface area contributed by atoms with Crippen LogP contribution in [0.25, 0.3) is 0 Å². The summed E-state index contributed by atoms with van der Waals surface area (Å²) in [5, 5.41) is 7.57. The van der Waals surface area contributed by atoms with E-state index in [0.717, 1.165) is 0 Å². The molecule has 1 aromatic heterocycles. The van der Waals surface area contributed by atoms with Crippen LogP contribution in [-0.4, -0.2) is 51.9 Å². The molecule has 0 N–H and O–H groups in total. The first-order chi connectivity index (χ1) is 9.01. The molecule has 1 aliphatic heterocycles. The zero-order valence-corrected chi connectivity index (χ0v) is 11.4. The van der Waals surface area contributed by atoms with Gasteiger partial charge in [-0.05, 0) is 6.92 Å². The normalized spacial score (nSPS) is 19.0. The fourth-order valence-electron chi connectivity index (χ4n) is 2.24. The summed E-state index contributed by atoms with van der Waals surface area (Å²) in [5.41, 5.74) is 0. The van der Waals surface area contributed by atoms with E-state index in [0.29, 0.717) is 31.3 Å². The van der Waals surface area contributed by atoms with Crippen molar-refractivity contribution in [3.63, 3.8) is 0 Å². The molecule has 0 bridgehead atoms. The third kappa shape index (κ3) is 2.91. The van der Waals surface area contributed by atoms with Gasteiger partial charge in [0.1, 0.15) is 0 Å². The fraction of sp³-hybridized carbons (Fsp3) is 0.667. The van der Waals surface area contributed by atoms with Crippen LogP contribution in [0.5, 0.6) is 0 Å². The lowest BCUT2D eigenvalue weighted by Crippen LogP contribution is -2.34. The molecular formula is C12H18N4O3. The molecule has 104 valence electrons. The Morgan fingerprint density at radius 1 is 1.53 bits per heavy atom. The predicted molar refractivity (Wildman–Crippen MR) is 65.9 cm³/mol. The number of amides is 2. The van der Waals surface area contributed by atoms with Gasteiger partial charge < -0.3 is 14.2 Å². The van der Waals surface area contributed by atoms with Crippen LogP contribution in [-0.2, 0) is 16.1 Å². The van der Waals surface area contributed by atoms with Gasteiger partial charge in [-0.2, -0.15) is 0 Å². The minimum Gasteiger partial charge on any atom is -0.424 e. The number of hydrogen-bond acceptors (Lipinski definition) is 5. The van der Waals surface area contributed by atoms with E-state index in [9.17, 15) is 9.59 Å². The van der Waals surface area contributed by atoms with Gasteiger partial charge >= 0.3 is 0 Å². The van der Waals surface area contributed by atoms with Gasteiger partial charge in [0.25, 0.3) is 0 Å². The number of rotatable bonds is 4. The van der Waals surface area contributed by atoms with Crippen LogP contribution in [0.2, 0.25) is 0 Å². The quantitative estimate of drug-likeness (QED) is 0.778. The molecule has 0 aliphatic carbocycles. The lowest BCUT2D eigenvalue weighted by molar-refractivity contribution is -0.135. The number of carbonyl (C=O) groups is 2. The Bertz CT molecular complexity index is 485. The van der Waals surface area contributed by atoms with Crippen molar-refractivity contribution in [2.24, 2.45) is 5.92 Å². The average Bonchev–Trinajstić information content (AvgIpc) is 2.94. The third-order valence-corrected chi connectivity index (χ3v) is 3.26. The molecule has 19 heavy (non-hydrogen) atoms. The Morgan fingerprint density at radius 2 is 2.26 bits per heavy atom. The molecule has 1 aliphatic rings. The number of likely N-dealkylation sites (tertiary alicyclic amines) is 1. The van der Waals surface area contributed by atoms with Crippen molar-refractivity contribution in [1.29, 1.82) is 0 Å². The standard InChI is InChI=1S/C12H18N4O3/c1-4-16-6-9(5-11(16)17)12(18)15(3)7-10-14-13-8(2)19-10/h9H,4-7H2,1-3H3/t9-/m1/s1. The van der Waals surface area contributed by atoms with Crippen molar-refractivity contribution in [1.82, 2.24) is 20.0 Å². The highest BCUT2D eigenvalue weighted by Crippen LogP contribution is 2.20. The van der Waals surface area contributed by atoms with Gasteiger partial charge in [-0.15, -0.1) is 10.2 Å². The highest BCUT2D eigenvalue weighted by atomic mass is 16.4. The van der Waals surface area contributed by atoms with E-state index in [2.05, 4.69) is 10.2 Å². The SMILES string of the molecule is CCN1C[C@H](C(=O)N(C)Cc2nnc(C)o2)CC1=O. The Morgan fingerprint density at radius 3 is 2.79 bits per heavy atom. The van der Waals surface area contributed by atoms with Crippen molar-refractivity contribution < 1.29 is 14.0 Å². The molecule has 1 fully saturated rings. The third-order valence-electron chi connectivity index (χ3n) is 3.26. The highest BCUT2D eigenvalue weighted by molar-refractivity contribution is 5.89. The van der Waals surface area contributed by atoms with E-state index >= 15 is 0 Å². The average molecular weight is 266 g/mol. The van der Waals surface area contributed by atoms with Crippen LogP contribution in [0.3, 0.4) is 0 Å². The van der Waals surface area contributed by atoms with Crippen LogP contribution in [0.15, 0.2) is 4.42 Å². The molecule has 0 unspecified atom stereocenters. The van der Waals surface area contributed by atoms with Crippen molar-refractivity contribution in [3.8, 4) is 0 Å². The van der Waals surface area contributed by atoms with Gasteiger partial charge in [0, 0.05) is 33.5 Å². The maximum atomic E-state index is 12.2. The van der Waals surface area contributed by atoms with E-state index in [1.807, 2.05) is 6.92 Å². The molecule has 2 heterocycles. The zero-order chi connectivity index (χ0) is 14.0. The molecule has 1 atom stereocenters. The lowest BCUT2D eigenvalue weighted by Gasteiger charge is -2.19. The van der Waals surface area contributed by atoms with Crippen molar-refractivity contribution in [2.45, 2.75) is 26.8 Å². The topological polar surface area (TPSA) is 79.5 Å². The van der Waals surface area contributed by atoms with Gasteiger partial charge in [0.15, 0.2) is 0 Å². The highest BCUT2D eigenvalue weighted by Gasteiger charge is 2.35. The van der Waals surface area contributed by atoms with E-state index < -0.39 is 0 Å². The monoisotopic (exact) mass is 266 g/mol. The Hall–Kier alpha value is -1.92. The maximum absolute atomic E-state index is 12.2. The van der Waals surface area contributed by atoms with Gasteiger partial charge in [0.2, 0.25) is 23.6 Å². The number of nitrogens with zero attached hydrogens (tertiary/aromatic N) is 4. The molecule has 7 nitrogen and oxygen atoms in total. The molecule has 0 spiro atoms. The first-order valence-corrected chi connectivity index (χ1v) is 6.33. The maximum Gasteiger partial charge on any atom is 0.235 e. The molecule has 0 saturated carbocycles. The predicted octanol–water partition coefficient (Wildman–Crippen LogP) is 0.205. The number of aromatic nitrogens is 2. The van der Waals surface area contributed by atoms with Crippen molar-refractivity contribution in [3.05, 3.63) is 11.8 Å². The molecule has 2 rings (SSSR count). The molecule has 1 aromatic rings. The van der Waals surface area contributed by atoms with Crippen molar-refractivity contribution in [2.75, 3.05) is 20.1 Å². The van der Waals surface area contributed by atoms with Gasteiger partial charge in [0.05, 0.1) is 12.5 Å². The van der Waals surface area contributed by atoms with E-state index in [4.69, 9.17) is 4.42 Å². The number of carbonyl (C=O) groups excluding carboxylic acids is 2. The summed E-state index contributed by atoms with van der Waals surface area (Å²) >= 11 is 0.